The zero-order valence-electron chi connectivity index (χ0n) is 16.5. The molecule has 2 heterocycles. The summed E-state index contributed by atoms with van der Waals surface area (Å²) < 4.78 is 14.7. The van der Waals surface area contributed by atoms with E-state index in [0.29, 0.717) is 10.2 Å². The molecule has 2 aromatic heterocycles. The maximum atomic E-state index is 13.3. The number of amides is 1. The van der Waals surface area contributed by atoms with Gasteiger partial charge < -0.3 is 4.90 Å². The van der Waals surface area contributed by atoms with E-state index in [9.17, 15) is 14.0 Å². The van der Waals surface area contributed by atoms with Crippen molar-refractivity contribution < 1.29 is 9.18 Å². The van der Waals surface area contributed by atoms with Crippen LogP contribution >= 0.6 is 11.3 Å². The molecule has 2 aliphatic carbocycles. The standard InChI is InChI=1S/C23H22FN3O2S/c24-16-8-6-15(7-9-16)19-13-30-22-21(19)23(29)26(14-25-22)12-20(28)27(18-10-11-18)17-4-2-1-3-5-17/h4,6-9,13-14,18H,1-3,5,10-12H2. The van der Waals surface area contributed by atoms with Gasteiger partial charge in [0, 0.05) is 22.7 Å². The monoisotopic (exact) mass is 423 g/mol. The summed E-state index contributed by atoms with van der Waals surface area (Å²) in [5, 5.41) is 2.35. The first kappa shape index (κ1) is 19.2. The van der Waals surface area contributed by atoms with Gasteiger partial charge in [-0.15, -0.1) is 11.3 Å². The Balaban J connectivity index is 1.48. The Hall–Kier alpha value is -2.80. The highest BCUT2D eigenvalue weighted by Crippen LogP contribution is 2.34. The fourth-order valence-corrected chi connectivity index (χ4v) is 5.02. The predicted octanol–water partition coefficient (Wildman–Crippen LogP) is 4.71. The number of nitrogens with zero attached hydrogens (tertiary/aromatic N) is 3. The van der Waals surface area contributed by atoms with Crippen LogP contribution in [0.15, 0.2) is 52.5 Å². The first-order valence-corrected chi connectivity index (χ1v) is 11.2. The van der Waals surface area contributed by atoms with Gasteiger partial charge in [0.2, 0.25) is 5.91 Å². The second kappa shape index (κ2) is 7.80. The number of halogens is 1. The summed E-state index contributed by atoms with van der Waals surface area (Å²) in [7, 11) is 0. The van der Waals surface area contributed by atoms with Crippen LogP contribution in [-0.4, -0.2) is 26.4 Å². The van der Waals surface area contributed by atoms with Gasteiger partial charge >= 0.3 is 0 Å². The molecule has 1 aromatic carbocycles. The van der Waals surface area contributed by atoms with E-state index in [1.165, 1.54) is 40.8 Å². The molecule has 0 atom stereocenters. The second-order valence-electron chi connectivity index (χ2n) is 7.95. The van der Waals surface area contributed by atoms with E-state index >= 15 is 0 Å². The van der Waals surface area contributed by atoms with Crippen molar-refractivity contribution >= 4 is 27.5 Å². The van der Waals surface area contributed by atoms with Gasteiger partial charge in [0.05, 0.1) is 11.7 Å². The van der Waals surface area contributed by atoms with E-state index in [1.54, 1.807) is 12.1 Å². The third-order valence-corrected chi connectivity index (χ3v) is 6.67. The summed E-state index contributed by atoms with van der Waals surface area (Å²) in [6, 6.07) is 6.34. The smallest absolute Gasteiger partial charge is 0.263 e. The highest BCUT2D eigenvalue weighted by atomic mass is 32.1. The number of carbonyl (C=O) groups excluding carboxylic acids is 1. The Morgan fingerprint density at radius 3 is 2.73 bits per heavy atom. The Morgan fingerprint density at radius 1 is 1.23 bits per heavy atom. The quantitative estimate of drug-likeness (QED) is 0.597. The Morgan fingerprint density at radius 2 is 2.03 bits per heavy atom. The third kappa shape index (κ3) is 3.58. The van der Waals surface area contributed by atoms with Gasteiger partial charge in [0.15, 0.2) is 0 Å². The van der Waals surface area contributed by atoms with Gasteiger partial charge in [-0.1, -0.05) is 18.2 Å². The van der Waals surface area contributed by atoms with Gasteiger partial charge in [-0.05, 0) is 56.2 Å². The lowest BCUT2D eigenvalue weighted by Crippen LogP contribution is -2.38. The molecule has 1 saturated carbocycles. The molecule has 0 bridgehead atoms. The number of rotatable bonds is 5. The summed E-state index contributed by atoms with van der Waals surface area (Å²) in [6.45, 7) is -0.0195. The summed E-state index contributed by atoms with van der Waals surface area (Å²) in [5.41, 5.74) is 2.36. The largest absolute Gasteiger partial charge is 0.312 e. The molecule has 3 aromatic rings. The van der Waals surface area contributed by atoms with E-state index < -0.39 is 0 Å². The SMILES string of the molecule is O=C(Cn1cnc2scc(-c3ccc(F)cc3)c2c1=O)N(C1=CCCCC1)C1CC1. The number of benzene rings is 1. The molecule has 7 heteroatoms. The maximum absolute atomic E-state index is 13.3. The maximum Gasteiger partial charge on any atom is 0.263 e. The van der Waals surface area contributed by atoms with E-state index in [-0.39, 0.29) is 29.9 Å². The molecule has 1 amide bonds. The van der Waals surface area contributed by atoms with Crippen molar-refractivity contribution in [3.63, 3.8) is 0 Å². The minimum Gasteiger partial charge on any atom is -0.312 e. The number of carbonyl (C=O) groups is 1. The van der Waals surface area contributed by atoms with Crippen LogP contribution in [0, 0.1) is 5.82 Å². The zero-order chi connectivity index (χ0) is 20.7. The lowest BCUT2D eigenvalue weighted by molar-refractivity contribution is -0.130. The van der Waals surface area contributed by atoms with Gasteiger partial charge in [-0.25, -0.2) is 9.37 Å². The summed E-state index contributed by atoms with van der Waals surface area (Å²) >= 11 is 1.38. The van der Waals surface area contributed by atoms with Crippen LogP contribution in [0.4, 0.5) is 4.39 Å². The highest BCUT2D eigenvalue weighted by Gasteiger charge is 2.35. The van der Waals surface area contributed by atoms with Crippen LogP contribution in [0.5, 0.6) is 0 Å². The summed E-state index contributed by atoms with van der Waals surface area (Å²) in [4.78, 5) is 33.4. The first-order valence-electron chi connectivity index (χ1n) is 10.4. The molecule has 30 heavy (non-hydrogen) atoms. The molecule has 154 valence electrons. The minimum absolute atomic E-state index is 0.0195. The van der Waals surface area contributed by atoms with Gasteiger partial charge in [-0.2, -0.15) is 0 Å². The van der Waals surface area contributed by atoms with Crippen molar-refractivity contribution in [1.29, 1.82) is 0 Å². The Kier molecular flexibility index (Phi) is 4.98. The lowest BCUT2D eigenvalue weighted by atomic mass is 10.0. The Labute approximate surface area is 177 Å². The van der Waals surface area contributed by atoms with Crippen LogP contribution in [0.25, 0.3) is 21.3 Å². The molecule has 0 spiro atoms. The van der Waals surface area contributed by atoms with Crippen molar-refractivity contribution in [1.82, 2.24) is 14.5 Å². The van der Waals surface area contributed by atoms with E-state index in [1.807, 2.05) is 10.3 Å². The molecule has 5 nitrogen and oxygen atoms in total. The predicted molar refractivity (Wildman–Crippen MR) is 116 cm³/mol. The van der Waals surface area contributed by atoms with Crippen LogP contribution in [0.3, 0.4) is 0 Å². The van der Waals surface area contributed by atoms with Crippen LogP contribution in [0.1, 0.15) is 38.5 Å². The number of fused-ring (bicyclic) bond motifs is 1. The molecule has 2 aliphatic rings. The molecule has 0 aliphatic heterocycles. The van der Waals surface area contributed by atoms with Gasteiger partial charge in [-0.3, -0.25) is 14.2 Å². The number of aromatic nitrogens is 2. The van der Waals surface area contributed by atoms with Crippen LogP contribution < -0.4 is 5.56 Å². The van der Waals surface area contributed by atoms with E-state index in [2.05, 4.69) is 11.1 Å². The molecule has 0 N–H and O–H groups in total. The topological polar surface area (TPSA) is 55.2 Å². The molecule has 5 rings (SSSR count). The van der Waals surface area contributed by atoms with E-state index in [4.69, 9.17) is 0 Å². The fourth-order valence-electron chi connectivity index (χ4n) is 4.12. The molecule has 0 unspecified atom stereocenters. The molecular formula is C23H22FN3O2S. The van der Waals surface area contributed by atoms with Crippen molar-refractivity contribution in [3.05, 3.63) is 63.9 Å². The fraction of sp³-hybridized carbons (Fsp3) is 0.348. The van der Waals surface area contributed by atoms with Crippen molar-refractivity contribution in [2.45, 2.75) is 51.1 Å². The second-order valence-corrected chi connectivity index (χ2v) is 8.81. The first-order chi connectivity index (χ1) is 14.6. The van der Waals surface area contributed by atoms with E-state index in [0.717, 1.165) is 48.9 Å². The molecule has 1 fully saturated rings. The number of hydrogen-bond acceptors (Lipinski definition) is 4. The third-order valence-electron chi connectivity index (χ3n) is 5.78. The molecular weight excluding hydrogens is 401 g/mol. The Bertz CT molecular complexity index is 1190. The number of hydrogen-bond donors (Lipinski definition) is 0. The minimum atomic E-state index is -0.323. The van der Waals surface area contributed by atoms with Gasteiger partial charge in [0.25, 0.3) is 5.56 Å². The van der Waals surface area contributed by atoms with Crippen molar-refractivity contribution in [2.24, 2.45) is 0 Å². The number of allylic oxidation sites excluding steroid dienone is 2. The molecule has 0 saturated heterocycles. The lowest BCUT2D eigenvalue weighted by Gasteiger charge is -2.28. The van der Waals surface area contributed by atoms with Crippen LogP contribution in [0.2, 0.25) is 0 Å². The average molecular weight is 424 g/mol. The van der Waals surface area contributed by atoms with Gasteiger partial charge in [0.1, 0.15) is 17.2 Å². The molecule has 0 radical (unpaired) electrons. The van der Waals surface area contributed by atoms with Crippen molar-refractivity contribution in [2.75, 3.05) is 0 Å². The summed E-state index contributed by atoms with van der Waals surface area (Å²) in [6.07, 6.45) is 9.89. The normalized spacial score (nSPS) is 16.5. The van der Waals surface area contributed by atoms with Crippen molar-refractivity contribution in [3.8, 4) is 11.1 Å². The highest BCUT2D eigenvalue weighted by molar-refractivity contribution is 7.17. The average Bonchev–Trinajstić information content (AvgIpc) is 3.49. The number of thiophene rings is 1. The zero-order valence-corrected chi connectivity index (χ0v) is 17.3. The summed E-state index contributed by atoms with van der Waals surface area (Å²) in [5.74, 6) is -0.371. The van der Waals surface area contributed by atoms with Crippen LogP contribution in [-0.2, 0) is 11.3 Å².